The molecule has 3 amide bonds. The van der Waals surface area contributed by atoms with Gasteiger partial charge in [-0.1, -0.05) is 45.7 Å². The zero-order valence-corrected chi connectivity index (χ0v) is 23.3. The molecule has 0 aromatic heterocycles. The minimum atomic E-state index is -1.12. The van der Waals surface area contributed by atoms with Gasteiger partial charge in [-0.15, -0.1) is 0 Å². The molecule has 7 atom stereocenters. The average molecular weight is 628 g/mol. The monoisotopic (exact) mass is 626 g/mol. The summed E-state index contributed by atoms with van der Waals surface area (Å²) in [6.45, 7) is 5.04. The van der Waals surface area contributed by atoms with Crippen LogP contribution in [0.15, 0.2) is 24.3 Å². The van der Waals surface area contributed by atoms with Crippen molar-refractivity contribution in [1.82, 2.24) is 4.90 Å². The third-order valence-electron chi connectivity index (χ3n) is 7.05. The van der Waals surface area contributed by atoms with Crippen LogP contribution in [-0.2, 0) is 28.7 Å². The molecule has 3 aliphatic rings. The van der Waals surface area contributed by atoms with Crippen LogP contribution in [0.3, 0.4) is 0 Å². The highest BCUT2D eigenvalue weighted by Gasteiger charge is 2.67. The Morgan fingerprint density at radius 3 is 2.06 bits per heavy atom. The van der Waals surface area contributed by atoms with Crippen molar-refractivity contribution in [3.8, 4) is 0 Å². The smallest absolute Gasteiger partial charge is 0.338 e. The number of amides is 3. The Kier molecular flexibility index (Phi) is 7.89. The number of esters is 2. The van der Waals surface area contributed by atoms with Crippen molar-refractivity contribution in [3.05, 3.63) is 29.8 Å². The van der Waals surface area contributed by atoms with E-state index in [0.717, 1.165) is 11.3 Å². The predicted octanol–water partition coefficient (Wildman–Crippen LogP) is 3.15. The van der Waals surface area contributed by atoms with Crippen molar-refractivity contribution < 1.29 is 33.4 Å². The number of imide groups is 1. The molecule has 1 aliphatic heterocycles. The summed E-state index contributed by atoms with van der Waals surface area (Å²) < 4.78 is 10.3. The third kappa shape index (κ3) is 4.96. The maximum atomic E-state index is 13.1. The van der Waals surface area contributed by atoms with Crippen LogP contribution in [-0.4, -0.2) is 63.5 Å². The molecule has 1 heterocycles. The molecule has 11 heteroatoms. The summed E-state index contributed by atoms with van der Waals surface area (Å²) in [4.78, 5) is 64.2. The quantitative estimate of drug-likeness (QED) is 0.267. The zero-order valence-electron chi connectivity index (χ0n) is 20.1. The fraction of sp³-hybridized carbons (Fsp3) is 0.560. The van der Waals surface area contributed by atoms with Gasteiger partial charge in [-0.05, 0) is 55.4 Å². The molecule has 3 fully saturated rings. The van der Waals surface area contributed by atoms with Gasteiger partial charge >= 0.3 is 11.9 Å². The van der Waals surface area contributed by atoms with Gasteiger partial charge in [-0.25, -0.2) is 9.59 Å². The van der Waals surface area contributed by atoms with E-state index in [4.69, 9.17) is 9.47 Å². The van der Waals surface area contributed by atoms with E-state index in [1.165, 1.54) is 31.2 Å². The largest absolute Gasteiger partial charge is 0.462 e. The first-order valence-corrected chi connectivity index (χ1v) is 13.7. The lowest BCUT2D eigenvalue weighted by molar-refractivity contribution is -0.159. The van der Waals surface area contributed by atoms with Gasteiger partial charge in [-0.2, -0.15) is 0 Å². The van der Waals surface area contributed by atoms with Crippen molar-refractivity contribution >= 4 is 67.2 Å². The fourth-order valence-electron chi connectivity index (χ4n) is 5.33. The van der Waals surface area contributed by atoms with Crippen molar-refractivity contribution in [2.24, 2.45) is 29.6 Å². The van der Waals surface area contributed by atoms with E-state index in [1.807, 2.05) is 13.8 Å². The highest BCUT2D eigenvalue weighted by Crippen LogP contribution is 2.60. The Bertz CT molecular complexity index is 1040. The van der Waals surface area contributed by atoms with Gasteiger partial charge in [0.25, 0.3) is 5.91 Å². The number of carbonyl (C=O) groups excluding carboxylic acids is 5. The van der Waals surface area contributed by atoms with Gasteiger partial charge in [0.1, 0.15) is 6.04 Å². The van der Waals surface area contributed by atoms with Crippen molar-refractivity contribution in [1.29, 1.82) is 0 Å². The maximum absolute atomic E-state index is 13.1. The molecule has 0 radical (unpaired) electrons. The van der Waals surface area contributed by atoms with E-state index >= 15 is 0 Å². The summed E-state index contributed by atoms with van der Waals surface area (Å²) in [6.07, 6.45) is 0.797. The highest BCUT2D eigenvalue weighted by molar-refractivity contribution is 9.12. The first-order valence-electron chi connectivity index (χ1n) is 11.9. The van der Waals surface area contributed by atoms with E-state index in [-0.39, 0.29) is 39.2 Å². The van der Waals surface area contributed by atoms with Crippen molar-refractivity contribution in [2.45, 2.75) is 42.9 Å². The molecule has 0 unspecified atom stereocenters. The Labute approximate surface area is 225 Å². The minimum Gasteiger partial charge on any atom is -0.462 e. The molecule has 2 saturated carbocycles. The molecule has 2 aliphatic carbocycles. The lowest BCUT2D eigenvalue weighted by Gasteiger charge is -2.28. The van der Waals surface area contributed by atoms with Crippen LogP contribution in [0.5, 0.6) is 0 Å². The van der Waals surface area contributed by atoms with Crippen LogP contribution in [0.2, 0.25) is 0 Å². The molecule has 4 rings (SSSR count). The second-order valence-corrected chi connectivity index (χ2v) is 12.1. The summed E-state index contributed by atoms with van der Waals surface area (Å²) in [5.41, 5.74) is 0.760. The average Bonchev–Trinajstić information content (AvgIpc) is 3.45. The predicted molar refractivity (Wildman–Crippen MR) is 136 cm³/mol. The topological polar surface area (TPSA) is 119 Å². The summed E-state index contributed by atoms with van der Waals surface area (Å²) in [5, 5.41) is 2.58. The Hall–Kier alpha value is -2.27. The van der Waals surface area contributed by atoms with Gasteiger partial charge < -0.3 is 14.8 Å². The summed E-state index contributed by atoms with van der Waals surface area (Å²) in [5.74, 6) is -3.10. The van der Waals surface area contributed by atoms with Gasteiger partial charge in [-0.3, -0.25) is 19.3 Å². The number of hydrogen-bond donors (Lipinski definition) is 1. The lowest BCUT2D eigenvalue weighted by Crippen LogP contribution is -2.45. The molecule has 1 N–H and O–H groups in total. The van der Waals surface area contributed by atoms with E-state index in [0.29, 0.717) is 17.9 Å². The van der Waals surface area contributed by atoms with Crippen LogP contribution in [0.25, 0.3) is 0 Å². The van der Waals surface area contributed by atoms with Crippen LogP contribution >= 0.6 is 31.9 Å². The minimum absolute atomic E-state index is 0.0447. The summed E-state index contributed by atoms with van der Waals surface area (Å²) >= 11 is 7.27. The number of nitrogens with one attached hydrogen (secondary N) is 1. The van der Waals surface area contributed by atoms with Crippen LogP contribution < -0.4 is 5.32 Å². The Morgan fingerprint density at radius 1 is 0.972 bits per heavy atom. The van der Waals surface area contributed by atoms with Gasteiger partial charge in [0.15, 0.2) is 6.61 Å². The number of nitrogens with zero attached hydrogens (tertiary/aromatic N) is 1. The Balaban J connectivity index is 1.28. The number of likely N-dealkylation sites (tertiary alicyclic amines) is 1. The number of rotatable bonds is 8. The van der Waals surface area contributed by atoms with Crippen LogP contribution in [0.4, 0.5) is 5.69 Å². The number of halogens is 2. The SMILES string of the molecule is CC(C)COC(=O)c1ccc(NC(=O)COC(=O)[C@H](C)N2C(=O)[C@@H]3[C@H]4C[C@@H]([C@H](Br)[C@H]4Br)[C@@H]3C2=O)cc1. The van der Waals surface area contributed by atoms with E-state index < -0.39 is 42.3 Å². The molecular weight excluding hydrogens is 600 g/mol. The highest BCUT2D eigenvalue weighted by atomic mass is 79.9. The van der Waals surface area contributed by atoms with E-state index in [2.05, 4.69) is 37.2 Å². The second-order valence-electron chi connectivity index (χ2n) is 9.95. The number of anilines is 1. The first kappa shape index (κ1) is 26.8. The van der Waals surface area contributed by atoms with Gasteiger partial charge in [0, 0.05) is 15.3 Å². The molecule has 9 nitrogen and oxygen atoms in total. The molecular formula is C25H28Br2N2O7. The fourth-order valence-corrected chi connectivity index (χ4v) is 7.20. The Morgan fingerprint density at radius 2 is 1.53 bits per heavy atom. The van der Waals surface area contributed by atoms with Gasteiger partial charge in [0.05, 0.1) is 24.0 Å². The van der Waals surface area contributed by atoms with Crippen molar-refractivity contribution in [3.63, 3.8) is 0 Å². The van der Waals surface area contributed by atoms with Gasteiger partial charge in [0.2, 0.25) is 11.8 Å². The molecule has 1 aromatic rings. The maximum Gasteiger partial charge on any atom is 0.338 e. The second kappa shape index (κ2) is 10.6. The number of carbonyl (C=O) groups is 5. The van der Waals surface area contributed by atoms with Crippen molar-refractivity contribution in [2.75, 3.05) is 18.5 Å². The number of benzene rings is 1. The number of fused-ring (bicyclic) bond motifs is 5. The molecule has 1 aromatic carbocycles. The molecule has 1 saturated heterocycles. The number of hydrogen-bond acceptors (Lipinski definition) is 7. The molecule has 2 bridgehead atoms. The van der Waals surface area contributed by atoms with Crippen LogP contribution in [0, 0.1) is 29.6 Å². The standard InChI is InChI=1S/C25H28Br2N2O7/c1-11(2)9-35-25(34)13-4-6-14(7-5-13)28-17(30)10-36-24(33)12(3)29-22(31)18-15-8-16(19(18)23(29)32)21(27)20(15)26/h4-7,11-12,15-16,18-21H,8-10H2,1-3H3,(H,28,30)/t12-,15+,16+,18-,19+,20-,21-/m0/s1. The molecule has 36 heavy (non-hydrogen) atoms. The summed E-state index contributed by atoms with van der Waals surface area (Å²) in [7, 11) is 0. The van der Waals surface area contributed by atoms with E-state index in [1.54, 1.807) is 0 Å². The normalized spacial score (nSPS) is 29.3. The summed E-state index contributed by atoms with van der Waals surface area (Å²) in [6, 6.07) is 5.00. The molecule has 0 spiro atoms. The zero-order chi connectivity index (χ0) is 26.3. The first-order chi connectivity index (χ1) is 17.0. The molecule has 194 valence electrons. The number of ether oxygens (including phenoxy) is 2. The lowest BCUT2D eigenvalue weighted by atomic mass is 9.81. The number of alkyl halides is 2. The van der Waals surface area contributed by atoms with Crippen LogP contribution in [0.1, 0.15) is 37.6 Å². The third-order valence-corrected chi connectivity index (χ3v) is 10.3. The van der Waals surface area contributed by atoms with E-state index in [9.17, 15) is 24.0 Å².